The number of carbonyl (C=O) groups is 1. The SMILES string of the molecule is CC1[C@@H](C(=O)O)[C@H](c2ccc(Cl)cc2)CN1c1nccs1. The van der Waals surface area contributed by atoms with Gasteiger partial charge in [0.1, 0.15) is 0 Å². The molecule has 2 aromatic rings. The van der Waals surface area contributed by atoms with E-state index in [2.05, 4.69) is 9.88 Å². The Morgan fingerprint density at radius 1 is 1.43 bits per heavy atom. The van der Waals surface area contributed by atoms with Gasteiger partial charge in [0.25, 0.3) is 0 Å². The van der Waals surface area contributed by atoms with E-state index in [-0.39, 0.29) is 12.0 Å². The maximum atomic E-state index is 11.7. The molecule has 0 amide bonds. The summed E-state index contributed by atoms with van der Waals surface area (Å²) in [6.07, 6.45) is 1.75. The Kier molecular flexibility index (Phi) is 3.87. The maximum Gasteiger partial charge on any atom is 0.309 e. The molecule has 4 nitrogen and oxygen atoms in total. The largest absolute Gasteiger partial charge is 0.481 e. The number of thiazole rings is 1. The molecule has 1 aliphatic heterocycles. The van der Waals surface area contributed by atoms with Crippen LogP contribution in [0.3, 0.4) is 0 Å². The van der Waals surface area contributed by atoms with Gasteiger partial charge < -0.3 is 10.0 Å². The lowest BCUT2D eigenvalue weighted by molar-refractivity contribution is -0.142. The van der Waals surface area contributed by atoms with Crippen molar-refractivity contribution in [3.05, 3.63) is 46.4 Å². The van der Waals surface area contributed by atoms with E-state index in [9.17, 15) is 9.90 Å². The number of rotatable bonds is 3. The van der Waals surface area contributed by atoms with Gasteiger partial charge in [0.2, 0.25) is 0 Å². The van der Waals surface area contributed by atoms with Crippen LogP contribution in [0, 0.1) is 5.92 Å². The molecule has 1 aromatic carbocycles. The highest BCUT2D eigenvalue weighted by molar-refractivity contribution is 7.13. The first-order valence-corrected chi connectivity index (χ1v) is 7.98. The predicted octanol–water partition coefficient (Wildman–Crippen LogP) is 3.49. The van der Waals surface area contributed by atoms with Crippen molar-refractivity contribution in [3.8, 4) is 0 Å². The highest BCUT2D eigenvalue weighted by atomic mass is 35.5. The van der Waals surface area contributed by atoms with Crippen LogP contribution in [0.2, 0.25) is 5.02 Å². The number of anilines is 1. The van der Waals surface area contributed by atoms with Crippen LogP contribution in [0.5, 0.6) is 0 Å². The third-order valence-electron chi connectivity index (χ3n) is 4.09. The highest BCUT2D eigenvalue weighted by Gasteiger charge is 2.45. The van der Waals surface area contributed by atoms with Crippen LogP contribution in [0.15, 0.2) is 35.8 Å². The van der Waals surface area contributed by atoms with Crippen LogP contribution >= 0.6 is 22.9 Å². The molecule has 1 N–H and O–H groups in total. The first kappa shape index (κ1) is 14.4. The smallest absolute Gasteiger partial charge is 0.309 e. The molecule has 0 aliphatic carbocycles. The minimum absolute atomic E-state index is 0.0568. The molecule has 0 bridgehead atoms. The van der Waals surface area contributed by atoms with Crippen LogP contribution in [-0.2, 0) is 4.79 Å². The van der Waals surface area contributed by atoms with Crippen molar-refractivity contribution in [1.29, 1.82) is 0 Å². The van der Waals surface area contributed by atoms with Gasteiger partial charge in [-0.25, -0.2) is 4.98 Å². The number of hydrogen-bond acceptors (Lipinski definition) is 4. The van der Waals surface area contributed by atoms with E-state index in [0.29, 0.717) is 11.6 Å². The van der Waals surface area contributed by atoms with Gasteiger partial charge in [0.15, 0.2) is 5.13 Å². The molecule has 21 heavy (non-hydrogen) atoms. The second kappa shape index (κ2) is 5.66. The molecule has 0 saturated carbocycles. The number of aromatic nitrogens is 1. The molecule has 1 unspecified atom stereocenters. The maximum absolute atomic E-state index is 11.7. The molecule has 0 radical (unpaired) electrons. The summed E-state index contributed by atoms with van der Waals surface area (Å²) in [5.74, 6) is -1.27. The van der Waals surface area contributed by atoms with Crippen molar-refractivity contribution in [2.24, 2.45) is 5.92 Å². The molecule has 1 saturated heterocycles. The molecule has 2 heterocycles. The lowest BCUT2D eigenvalue weighted by Crippen LogP contribution is -2.33. The Morgan fingerprint density at radius 2 is 2.14 bits per heavy atom. The van der Waals surface area contributed by atoms with Crippen LogP contribution in [-0.4, -0.2) is 28.6 Å². The van der Waals surface area contributed by atoms with Crippen molar-refractivity contribution in [3.63, 3.8) is 0 Å². The molecule has 110 valence electrons. The van der Waals surface area contributed by atoms with Crippen molar-refractivity contribution in [2.45, 2.75) is 18.9 Å². The molecule has 3 rings (SSSR count). The Hall–Kier alpha value is -1.59. The fourth-order valence-corrected chi connectivity index (χ4v) is 3.90. The molecule has 1 fully saturated rings. The zero-order valence-electron chi connectivity index (χ0n) is 11.4. The Labute approximate surface area is 132 Å². The van der Waals surface area contributed by atoms with Crippen molar-refractivity contribution in [1.82, 2.24) is 4.98 Å². The number of nitrogens with zero attached hydrogens (tertiary/aromatic N) is 2. The second-order valence-electron chi connectivity index (χ2n) is 5.23. The zero-order valence-corrected chi connectivity index (χ0v) is 13.0. The van der Waals surface area contributed by atoms with E-state index in [1.807, 2.05) is 36.6 Å². The number of aliphatic carboxylic acids is 1. The minimum Gasteiger partial charge on any atom is -0.481 e. The van der Waals surface area contributed by atoms with E-state index in [1.54, 1.807) is 6.20 Å². The summed E-state index contributed by atoms with van der Waals surface area (Å²) in [5, 5.41) is 13.1. The summed E-state index contributed by atoms with van der Waals surface area (Å²) < 4.78 is 0. The fraction of sp³-hybridized carbons (Fsp3) is 0.333. The Bertz CT molecular complexity index is 630. The van der Waals surface area contributed by atoms with Gasteiger partial charge in [-0.1, -0.05) is 23.7 Å². The Morgan fingerprint density at radius 3 is 2.71 bits per heavy atom. The predicted molar refractivity (Wildman–Crippen MR) is 84.2 cm³/mol. The van der Waals surface area contributed by atoms with Crippen LogP contribution < -0.4 is 4.90 Å². The molecule has 1 aliphatic rings. The first-order chi connectivity index (χ1) is 10.1. The first-order valence-electron chi connectivity index (χ1n) is 6.72. The fourth-order valence-electron chi connectivity index (χ4n) is 3.03. The summed E-state index contributed by atoms with van der Waals surface area (Å²) in [5.41, 5.74) is 1.01. The quantitative estimate of drug-likeness (QED) is 0.939. The second-order valence-corrected chi connectivity index (χ2v) is 6.54. The Balaban J connectivity index is 1.95. The van der Waals surface area contributed by atoms with Gasteiger partial charge in [-0.2, -0.15) is 0 Å². The summed E-state index contributed by atoms with van der Waals surface area (Å²) in [6, 6.07) is 7.37. The normalized spacial score (nSPS) is 25.2. The number of hydrogen-bond donors (Lipinski definition) is 1. The number of carboxylic acid groups (broad SMARTS) is 1. The van der Waals surface area contributed by atoms with E-state index in [4.69, 9.17) is 11.6 Å². The van der Waals surface area contributed by atoms with Gasteiger partial charge in [-0.15, -0.1) is 11.3 Å². The van der Waals surface area contributed by atoms with E-state index >= 15 is 0 Å². The molecule has 6 heteroatoms. The molecule has 1 aromatic heterocycles. The average Bonchev–Trinajstić information content (AvgIpc) is 3.06. The van der Waals surface area contributed by atoms with Crippen LogP contribution in [0.1, 0.15) is 18.4 Å². The zero-order chi connectivity index (χ0) is 15.0. The highest BCUT2D eigenvalue weighted by Crippen LogP contribution is 2.40. The number of benzene rings is 1. The standard InChI is InChI=1S/C15H15ClN2O2S/c1-9-13(14(19)20)12(10-2-4-11(16)5-3-10)8-18(9)15-17-6-7-21-15/h2-7,9,12-13H,8H2,1H3,(H,19,20)/t9?,12-,13+/m0/s1. The van der Waals surface area contributed by atoms with Crippen molar-refractivity contribution in [2.75, 3.05) is 11.4 Å². The van der Waals surface area contributed by atoms with Crippen molar-refractivity contribution < 1.29 is 9.90 Å². The number of halogens is 1. The van der Waals surface area contributed by atoms with Gasteiger partial charge in [-0.3, -0.25) is 4.79 Å². The average molecular weight is 323 g/mol. The summed E-state index contributed by atoms with van der Waals surface area (Å²) in [7, 11) is 0. The van der Waals surface area contributed by atoms with Crippen molar-refractivity contribution >= 4 is 34.0 Å². The third kappa shape index (κ3) is 2.63. The van der Waals surface area contributed by atoms with Gasteiger partial charge in [-0.05, 0) is 24.6 Å². The molecule has 3 atom stereocenters. The van der Waals surface area contributed by atoms with Gasteiger partial charge in [0, 0.05) is 35.1 Å². The van der Waals surface area contributed by atoms with Gasteiger partial charge in [0.05, 0.1) is 5.92 Å². The van der Waals surface area contributed by atoms with E-state index < -0.39 is 11.9 Å². The molecular weight excluding hydrogens is 308 g/mol. The number of carboxylic acids is 1. The van der Waals surface area contributed by atoms with Crippen LogP contribution in [0.25, 0.3) is 0 Å². The van der Waals surface area contributed by atoms with E-state index in [0.717, 1.165) is 10.7 Å². The van der Waals surface area contributed by atoms with Gasteiger partial charge >= 0.3 is 5.97 Å². The summed E-state index contributed by atoms with van der Waals surface area (Å²) in [4.78, 5) is 18.1. The third-order valence-corrected chi connectivity index (χ3v) is 5.15. The monoisotopic (exact) mass is 322 g/mol. The lowest BCUT2D eigenvalue weighted by atomic mass is 9.86. The molecular formula is C15H15ClN2O2S. The summed E-state index contributed by atoms with van der Waals surface area (Å²) in [6.45, 7) is 2.61. The lowest BCUT2D eigenvalue weighted by Gasteiger charge is -2.22. The van der Waals surface area contributed by atoms with E-state index in [1.165, 1.54) is 11.3 Å². The topological polar surface area (TPSA) is 53.4 Å². The van der Waals surface area contributed by atoms with Crippen LogP contribution in [0.4, 0.5) is 5.13 Å². The molecule has 0 spiro atoms. The minimum atomic E-state index is -0.762. The summed E-state index contributed by atoms with van der Waals surface area (Å²) >= 11 is 7.46.